The fourth-order valence-electron chi connectivity index (χ4n) is 4.35. The lowest BCUT2D eigenvalue weighted by atomic mass is 9.94. The average molecular weight is 535 g/mol. The molecule has 6 N–H and O–H groups in total. The zero-order chi connectivity index (χ0) is 28.3. The molecule has 0 aliphatic carbocycles. The van der Waals surface area contributed by atoms with Gasteiger partial charge in [0, 0.05) is 13.1 Å². The first kappa shape index (κ1) is 30.5. The Morgan fingerprint density at radius 2 is 1.84 bits per heavy atom. The van der Waals surface area contributed by atoms with Gasteiger partial charge >= 0.3 is 6.09 Å². The quantitative estimate of drug-likeness (QED) is 0.168. The van der Waals surface area contributed by atoms with Gasteiger partial charge in [0.25, 0.3) is 0 Å². The first-order valence-corrected chi connectivity index (χ1v) is 12.7. The number of hydrogen-bond acceptors (Lipinski definition) is 6. The van der Waals surface area contributed by atoms with Gasteiger partial charge in [-0.2, -0.15) is 0 Å². The summed E-state index contributed by atoms with van der Waals surface area (Å²) < 4.78 is 18.5. The normalized spacial score (nSPS) is 18.4. The predicted octanol–water partition coefficient (Wildman–Crippen LogP) is 1.40. The van der Waals surface area contributed by atoms with Gasteiger partial charge in [-0.25, -0.2) is 9.18 Å². The van der Waals surface area contributed by atoms with Crippen molar-refractivity contribution in [3.63, 3.8) is 0 Å². The van der Waals surface area contributed by atoms with E-state index in [0.29, 0.717) is 25.8 Å². The molecule has 0 aromatic heterocycles. The van der Waals surface area contributed by atoms with Gasteiger partial charge in [0.2, 0.25) is 11.8 Å². The summed E-state index contributed by atoms with van der Waals surface area (Å²) in [5.41, 5.74) is 10.1. The van der Waals surface area contributed by atoms with Crippen LogP contribution in [0.25, 0.3) is 0 Å². The number of Topliss-reactive ketones (excluding diaryl/α,β-unsaturated/α-hetero) is 1. The zero-order valence-electron chi connectivity index (χ0n) is 22.2. The van der Waals surface area contributed by atoms with Gasteiger partial charge in [-0.15, -0.1) is 0 Å². The largest absolute Gasteiger partial charge is 0.445 e. The molecule has 1 aliphatic heterocycles. The smallest absolute Gasteiger partial charge is 0.408 e. The summed E-state index contributed by atoms with van der Waals surface area (Å²) in [5.74, 6) is -2.17. The van der Waals surface area contributed by atoms with Gasteiger partial charge in [-0.1, -0.05) is 44.2 Å². The number of carbonyl (C=O) groups excluding carboxylic acids is 4. The molecular formula is C26H39FN6O5. The number of aliphatic imine (C=N–C) groups is 1. The van der Waals surface area contributed by atoms with E-state index in [2.05, 4.69) is 15.6 Å². The Labute approximate surface area is 222 Å². The predicted molar refractivity (Wildman–Crippen MR) is 141 cm³/mol. The molecule has 3 unspecified atom stereocenters. The van der Waals surface area contributed by atoms with Gasteiger partial charge in [0.15, 0.2) is 11.7 Å². The molecule has 2 rings (SSSR count). The highest BCUT2D eigenvalue weighted by atomic mass is 19.1. The molecule has 0 radical (unpaired) electrons. The minimum absolute atomic E-state index is 0.0443. The van der Waals surface area contributed by atoms with Crippen LogP contribution in [0.2, 0.25) is 0 Å². The first-order valence-electron chi connectivity index (χ1n) is 12.7. The maximum absolute atomic E-state index is 13.6. The summed E-state index contributed by atoms with van der Waals surface area (Å²) in [5, 5.41) is 5.26. The molecule has 1 saturated heterocycles. The molecule has 1 fully saturated rings. The Bertz CT molecular complexity index is 1000. The topological polar surface area (TPSA) is 169 Å². The van der Waals surface area contributed by atoms with Crippen LogP contribution in [0.3, 0.4) is 0 Å². The number of alkyl halides is 1. The van der Waals surface area contributed by atoms with Gasteiger partial charge in [-0.3, -0.25) is 19.4 Å². The number of hydrogen-bond donors (Lipinski definition) is 4. The molecule has 1 aromatic carbocycles. The number of halogens is 1. The summed E-state index contributed by atoms with van der Waals surface area (Å²) in [4.78, 5) is 56.9. The SMILES string of the molecule is CC(C)C(NC(=O)OCc1ccccc1)C(=O)N1CCCC1(C)C(=O)NC(CCCN=C(N)N)C(=O)CF. The van der Waals surface area contributed by atoms with Crippen LogP contribution < -0.4 is 22.1 Å². The third-order valence-corrected chi connectivity index (χ3v) is 6.59. The highest BCUT2D eigenvalue weighted by molar-refractivity contribution is 5.97. The zero-order valence-corrected chi connectivity index (χ0v) is 22.2. The van der Waals surface area contributed by atoms with E-state index >= 15 is 0 Å². The van der Waals surface area contributed by atoms with Crippen LogP contribution in [0.5, 0.6) is 0 Å². The van der Waals surface area contributed by atoms with Crippen molar-refractivity contribution in [1.29, 1.82) is 0 Å². The second kappa shape index (κ2) is 14.3. The summed E-state index contributed by atoms with van der Waals surface area (Å²) in [6.45, 7) is 4.48. The summed E-state index contributed by atoms with van der Waals surface area (Å²) in [7, 11) is 0. The third kappa shape index (κ3) is 8.42. The molecule has 12 heteroatoms. The fraction of sp³-hybridized carbons (Fsp3) is 0.577. The van der Waals surface area contributed by atoms with Crippen LogP contribution in [0.4, 0.5) is 9.18 Å². The van der Waals surface area contributed by atoms with E-state index in [1.165, 1.54) is 4.90 Å². The molecule has 210 valence electrons. The minimum Gasteiger partial charge on any atom is -0.445 e. The van der Waals surface area contributed by atoms with Crippen LogP contribution in [0.1, 0.15) is 52.0 Å². The third-order valence-electron chi connectivity index (χ3n) is 6.59. The molecule has 0 bridgehead atoms. The van der Waals surface area contributed by atoms with E-state index in [0.717, 1.165) is 5.56 Å². The Morgan fingerprint density at radius 3 is 2.45 bits per heavy atom. The summed E-state index contributed by atoms with van der Waals surface area (Å²) in [6.07, 6.45) is 0.626. The number of ether oxygens (including phenoxy) is 1. The lowest BCUT2D eigenvalue weighted by Crippen LogP contribution is -2.62. The van der Waals surface area contributed by atoms with Crippen molar-refractivity contribution >= 4 is 29.7 Å². The first-order chi connectivity index (χ1) is 18.0. The van der Waals surface area contributed by atoms with Crippen molar-refractivity contribution in [2.24, 2.45) is 22.4 Å². The highest BCUT2D eigenvalue weighted by Crippen LogP contribution is 2.31. The molecule has 1 aliphatic rings. The van der Waals surface area contributed by atoms with E-state index < -0.39 is 48.0 Å². The molecule has 0 spiro atoms. The Kier molecular flexibility index (Phi) is 11.5. The molecule has 3 amide bonds. The van der Waals surface area contributed by atoms with Crippen LogP contribution in [0, 0.1) is 5.92 Å². The number of benzene rings is 1. The Balaban J connectivity index is 2.09. The maximum atomic E-state index is 13.6. The van der Waals surface area contributed by atoms with Gasteiger partial charge in [0.05, 0.1) is 6.04 Å². The van der Waals surface area contributed by atoms with Crippen LogP contribution in [-0.4, -0.2) is 71.9 Å². The number of amides is 3. The van der Waals surface area contributed by atoms with Gasteiger partial charge in [0.1, 0.15) is 24.9 Å². The van der Waals surface area contributed by atoms with E-state index in [4.69, 9.17) is 16.2 Å². The number of nitrogens with zero attached hydrogens (tertiary/aromatic N) is 2. The Hall–Kier alpha value is -3.70. The van der Waals surface area contributed by atoms with Crippen molar-refractivity contribution < 1.29 is 28.3 Å². The Morgan fingerprint density at radius 1 is 1.16 bits per heavy atom. The molecule has 0 saturated carbocycles. The number of nitrogens with one attached hydrogen (secondary N) is 2. The molecule has 38 heavy (non-hydrogen) atoms. The summed E-state index contributed by atoms with van der Waals surface area (Å²) in [6, 6.07) is 7.11. The van der Waals surface area contributed by atoms with Crippen molar-refractivity contribution in [3.8, 4) is 0 Å². The van der Waals surface area contributed by atoms with Crippen LogP contribution in [0.15, 0.2) is 35.3 Å². The molecule has 11 nitrogen and oxygen atoms in total. The molecule has 1 heterocycles. The van der Waals surface area contributed by atoms with Crippen molar-refractivity contribution in [2.45, 2.75) is 70.7 Å². The number of ketones is 1. The number of likely N-dealkylation sites (tertiary alicyclic amines) is 1. The van der Waals surface area contributed by atoms with Crippen LogP contribution in [-0.2, 0) is 25.7 Å². The molecule has 3 atom stereocenters. The fourth-order valence-corrected chi connectivity index (χ4v) is 4.35. The van der Waals surface area contributed by atoms with Gasteiger partial charge < -0.3 is 31.7 Å². The van der Waals surface area contributed by atoms with Crippen molar-refractivity contribution in [3.05, 3.63) is 35.9 Å². The lowest BCUT2D eigenvalue weighted by molar-refractivity contribution is -0.147. The number of carbonyl (C=O) groups is 4. The van der Waals surface area contributed by atoms with Gasteiger partial charge in [-0.05, 0) is 44.1 Å². The molecular weight excluding hydrogens is 495 g/mol. The van der Waals surface area contributed by atoms with E-state index in [-0.39, 0.29) is 31.4 Å². The number of alkyl carbamates (subject to hydrolysis) is 1. The van der Waals surface area contributed by atoms with Crippen molar-refractivity contribution in [1.82, 2.24) is 15.5 Å². The second-order valence-electron chi connectivity index (χ2n) is 9.87. The monoisotopic (exact) mass is 534 g/mol. The minimum atomic E-state index is -1.28. The standard InChI is InChI=1S/C26H39FN6O5/c1-17(2)21(32-25(37)38-16-18-9-5-4-6-10-18)22(35)33-14-8-12-26(33,3)23(36)31-19(20(34)15-27)11-7-13-30-24(28)29/h4-6,9-10,17,19,21H,7-8,11-16H2,1-3H3,(H,31,36)(H,32,37)(H4,28,29,30). The number of rotatable bonds is 13. The average Bonchev–Trinajstić information content (AvgIpc) is 3.29. The lowest BCUT2D eigenvalue weighted by Gasteiger charge is -2.37. The van der Waals surface area contributed by atoms with E-state index in [1.807, 2.05) is 30.3 Å². The summed E-state index contributed by atoms with van der Waals surface area (Å²) >= 11 is 0. The number of guanidine groups is 1. The highest BCUT2D eigenvalue weighted by Gasteiger charge is 2.48. The second-order valence-corrected chi connectivity index (χ2v) is 9.87. The maximum Gasteiger partial charge on any atom is 0.408 e. The van der Waals surface area contributed by atoms with E-state index in [9.17, 15) is 23.6 Å². The number of nitrogens with two attached hydrogens (primary N) is 2. The van der Waals surface area contributed by atoms with E-state index in [1.54, 1.807) is 20.8 Å². The van der Waals surface area contributed by atoms with Crippen LogP contribution >= 0.6 is 0 Å². The molecule has 1 aromatic rings. The van der Waals surface area contributed by atoms with Crippen molar-refractivity contribution in [2.75, 3.05) is 19.8 Å².